The summed E-state index contributed by atoms with van der Waals surface area (Å²) in [6, 6.07) is 6.32. The minimum atomic E-state index is -0.208. The van der Waals surface area contributed by atoms with Crippen LogP contribution >= 0.6 is 0 Å². The molecular formula is C13H16FNO. The quantitative estimate of drug-likeness (QED) is 0.826. The largest absolute Gasteiger partial charge is 0.490 e. The SMILES string of the molecule is Fc1ccc(O[C@H]2CC3CNC[C@@H]3C2)cc1. The van der Waals surface area contributed by atoms with E-state index < -0.39 is 0 Å². The average Bonchev–Trinajstić information content (AvgIpc) is 2.81. The van der Waals surface area contributed by atoms with Crippen LogP contribution in [0.25, 0.3) is 0 Å². The molecule has 2 nitrogen and oxygen atoms in total. The predicted molar refractivity (Wildman–Crippen MR) is 59.9 cm³/mol. The van der Waals surface area contributed by atoms with E-state index in [1.165, 1.54) is 12.1 Å². The summed E-state index contributed by atoms with van der Waals surface area (Å²) in [6.45, 7) is 2.27. The first-order valence-electron chi connectivity index (χ1n) is 5.94. The standard InChI is InChI=1S/C13H16FNO/c14-11-1-3-12(4-2-11)16-13-5-9-7-15-8-10(9)6-13/h1-4,9-10,13,15H,5-8H2/t9-,10?,13+/m0/s1. The highest BCUT2D eigenvalue weighted by Gasteiger charge is 2.38. The lowest BCUT2D eigenvalue weighted by atomic mass is 10.0. The minimum Gasteiger partial charge on any atom is -0.490 e. The molecule has 1 saturated heterocycles. The Morgan fingerprint density at radius 2 is 1.69 bits per heavy atom. The van der Waals surface area contributed by atoms with Crippen molar-refractivity contribution in [3.8, 4) is 5.75 Å². The third-order valence-corrected chi connectivity index (χ3v) is 3.73. The molecule has 16 heavy (non-hydrogen) atoms. The summed E-state index contributed by atoms with van der Waals surface area (Å²) in [5.41, 5.74) is 0. The summed E-state index contributed by atoms with van der Waals surface area (Å²) in [5.74, 6) is 2.15. The van der Waals surface area contributed by atoms with Gasteiger partial charge in [-0.05, 0) is 62.0 Å². The van der Waals surface area contributed by atoms with Crippen LogP contribution in [0, 0.1) is 17.7 Å². The van der Waals surface area contributed by atoms with E-state index in [2.05, 4.69) is 5.32 Å². The minimum absolute atomic E-state index is 0.208. The van der Waals surface area contributed by atoms with Crippen molar-refractivity contribution >= 4 is 0 Å². The number of hydrogen-bond acceptors (Lipinski definition) is 2. The monoisotopic (exact) mass is 221 g/mol. The second-order valence-corrected chi connectivity index (χ2v) is 4.84. The summed E-state index contributed by atoms with van der Waals surface area (Å²) in [6.07, 6.45) is 2.59. The molecule has 0 spiro atoms. The number of rotatable bonds is 2. The molecule has 1 heterocycles. The maximum atomic E-state index is 12.7. The van der Waals surface area contributed by atoms with Crippen LogP contribution in [0.4, 0.5) is 4.39 Å². The van der Waals surface area contributed by atoms with Crippen LogP contribution in [0.2, 0.25) is 0 Å². The van der Waals surface area contributed by atoms with E-state index in [1.54, 1.807) is 12.1 Å². The van der Waals surface area contributed by atoms with Gasteiger partial charge in [0.15, 0.2) is 0 Å². The van der Waals surface area contributed by atoms with Crippen LogP contribution in [0.1, 0.15) is 12.8 Å². The lowest BCUT2D eigenvalue weighted by Gasteiger charge is -2.14. The Morgan fingerprint density at radius 1 is 1.06 bits per heavy atom. The van der Waals surface area contributed by atoms with E-state index in [0.717, 1.165) is 43.5 Å². The Bertz CT molecular complexity index is 353. The number of benzene rings is 1. The van der Waals surface area contributed by atoms with Crippen LogP contribution in [0.3, 0.4) is 0 Å². The number of fused-ring (bicyclic) bond motifs is 1. The van der Waals surface area contributed by atoms with Gasteiger partial charge in [-0.25, -0.2) is 4.39 Å². The number of halogens is 1. The molecule has 1 aliphatic heterocycles. The third-order valence-electron chi connectivity index (χ3n) is 3.73. The lowest BCUT2D eigenvalue weighted by Crippen LogP contribution is -2.18. The van der Waals surface area contributed by atoms with Crippen LogP contribution in [-0.4, -0.2) is 19.2 Å². The molecule has 3 atom stereocenters. The maximum absolute atomic E-state index is 12.7. The number of hydrogen-bond donors (Lipinski definition) is 1. The molecule has 2 fully saturated rings. The highest BCUT2D eigenvalue weighted by molar-refractivity contribution is 5.22. The molecule has 2 aliphatic rings. The van der Waals surface area contributed by atoms with Crippen LogP contribution in [0.5, 0.6) is 5.75 Å². The van der Waals surface area contributed by atoms with Crippen LogP contribution in [-0.2, 0) is 0 Å². The van der Waals surface area contributed by atoms with Crippen molar-refractivity contribution in [1.29, 1.82) is 0 Å². The molecule has 1 saturated carbocycles. The van der Waals surface area contributed by atoms with Gasteiger partial charge >= 0.3 is 0 Å². The fraction of sp³-hybridized carbons (Fsp3) is 0.538. The first-order chi connectivity index (χ1) is 7.81. The zero-order valence-electron chi connectivity index (χ0n) is 9.16. The van der Waals surface area contributed by atoms with Gasteiger partial charge in [0.1, 0.15) is 11.6 Å². The van der Waals surface area contributed by atoms with Crippen molar-refractivity contribution < 1.29 is 9.13 Å². The second kappa shape index (κ2) is 4.06. The highest BCUT2D eigenvalue weighted by atomic mass is 19.1. The summed E-state index contributed by atoms with van der Waals surface area (Å²) < 4.78 is 18.6. The molecule has 1 N–H and O–H groups in total. The van der Waals surface area contributed by atoms with E-state index in [9.17, 15) is 4.39 Å². The number of ether oxygens (including phenoxy) is 1. The first-order valence-corrected chi connectivity index (χ1v) is 5.94. The highest BCUT2D eigenvalue weighted by Crippen LogP contribution is 2.36. The second-order valence-electron chi connectivity index (χ2n) is 4.84. The van der Waals surface area contributed by atoms with E-state index in [-0.39, 0.29) is 5.82 Å². The Balaban J connectivity index is 1.62. The first kappa shape index (κ1) is 10.1. The molecule has 1 unspecified atom stereocenters. The van der Waals surface area contributed by atoms with Crippen LogP contribution < -0.4 is 10.1 Å². The fourth-order valence-corrected chi connectivity index (χ4v) is 2.91. The molecule has 0 radical (unpaired) electrons. The van der Waals surface area contributed by atoms with Gasteiger partial charge in [-0.15, -0.1) is 0 Å². The normalized spacial score (nSPS) is 32.7. The lowest BCUT2D eigenvalue weighted by molar-refractivity contribution is 0.199. The van der Waals surface area contributed by atoms with Gasteiger partial charge in [0.05, 0.1) is 6.10 Å². The van der Waals surface area contributed by atoms with Gasteiger partial charge in [0.25, 0.3) is 0 Å². The summed E-state index contributed by atoms with van der Waals surface area (Å²) >= 11 is 0. The topological polar surface area (TPSA) is 21.3 Å². The van der Waals surface area contributed by atoms with Crippen molar-refractivity contribution in [3.05, 3.63) is 30.1 Å². The number of nitrogens with one attached hydrogen (secondary N) is 1. The smallest absolute Gasteiger partial charge is 0.123 e. The summed E-state index contributed by atoms with van der Waals surface area (Å²) in [7, 11) is 0. The van der Waals surface area contributed by atoms with E-state index >= 15 is 0 Å². The van der Waals surface area contributed by atoms with Crippen molar-refractivity contribution in [2.45, 2.75) is 18.9 Å². The molecule has 1 aromatic rings. The molecule has 3 heteroatoms. The molecule has 1 aromatic carbocycles. The fourth-order valence-electron chi connectivity index (χ4n) is 2.91. The van der Waals surface area contributed by atoms with Gasteiger partial charge in [-0.2, -0.15) is 0 Å². The van der Waals surface area contributed by atoms with Gasteiger partial charge < -0.3 is 10.1 Å². The molecule has 3 rings (SSSR count). The van der Waals surface area contributed by atoms with Crippen LogP contribution in [0.15, 0.2) is 24.3 Å². The molecule has 0 bridgehead atoms. The Kier molecular flexibility index (Phi) is 2.56. The molecule has 86 valence electrons. The van der Waals surface area contributed by atoms with Crippen molar-refractivity contribution in [1.82, 2.24) is 5.32 Å². The van der Waals surface area contributed by atoms with E-state index in [0.29, 0.717) is 6.10 Å². The van der Waals surface area contributed by atoms with E-state index in [4.69, 9.17) is 4.74 Å². The zero-order valence-corrected chi connectivity index (χ0v) is 9.16. The third kappa shape index (κ3) is 1.92. The molecule has 0 aromatic heterocycles. The Morgan fingerprint density at radius 3 is 2.31 bits per heavy atom. The van der Waals surface area contributed by atoms with E-state index in [1.807, 2.05) is 0 Å². The molecular weight excluding hydrogens is 205 g/mol. The molecule has 0 amide bonds. The van der Waals surface area contributed by atoms with Gasteiger partial charge in [-0.3, -0.25) is 0 Å². The van der Waals surface area contributed by atoms with Crippen molar-refractivity contribution in [2.75, 3.05) is 13.1 Å². The van der Waals surface area contributed by atoms with Crippen molar-refractivity contribution in [3.63, 3.8) is 0 Å². The van der Waals surface area contributed by atoms with Crippen molar-refractivity contribution in [2.24, 2.45) is 11.8 Å². The predicted octanol–water partition coefficient (Wildman–Crippen LogP) is 2.20. The van der Waals surface area contributed by atoms with Gasteiger partial charge in [-0.1, -0.05) is 0 Å². The molecule has 1 aliphatic carbocycles. The maximum Gasteiger partial charge on any atom is 0.123 e. The Labute approximate surface area is 94.8 Å². The summed E-state index contributed by atoms with van der Waals surface area (Å²) in [5, 5.41) is 3.41. The van der Waals surface area contributed by atoms with Gasteiger partial charge in [0, 0.05) is 0 Å². The summed E-state index contributed by atoms with van der Waals surface area (Å²) in [4.78, 5) is 0. The average molecular weight is 221 g/mol. The van der Waals surface area contributed by atoms with Gasteiger partial charge in [0.2, 0.25) is 0 Å². The Hall–Kier alpha value is -1.09. The zero-order chi connectivity index (χ0) is 11.0.